The van der Waals surface area contributed by atoms with Crippen molar-refractivity contribution in [2.75, 3.05) is 13.1 Å². The Morgan fingerprint density at radius 3 is 2.79 bits per heavy atom. The maximum Gasteiger partial charge on any atom is 0.410 e. The molecule has 1 N–H and O–H groups in total. The van der Waals surface area contributed by atoms with Crippen LogP contribution in [0.5, 0.6) is 0 Å². The summed E-state index contributed by atoms with van der Waals surface area (Å²) < 4.78 is 7.59. The summed E-state index contributed by atoms with van der Waals surface area (Å²) in [5.74, 6) is 0. The molecule has 1 amide bonds. The van der Waals surface area contributed by atoms with Crippen molar-refractivity contribution in [1.29, 1.82) is 0 Å². The molecule has 0 saturated carbocycles. The number of ether oxygens (including phenoxy) is 1. The van der Waals surface area contributed by atoms with Crippen molar-refractivity contribution >= 4 is 17.1 Å². The van der Waals surface area contributed by atoms with Crippen molar-refractivity contribution in [1.82, 2.24) is 24.6 Å². The lowest BCUT2D eigenvalue weighted by atomic mass is 9.76. The fourth-order valence-electron chi connectivity index (χ4n) is 4.36. The first kappa shape index (κ1) is 17.3. The van der Waals surface area contributed by atoms with Crippen LogP contribution in [0.25, 0.3) is 22.3 Å². The summed E-state index contributed by atoms with van der Waals surface area (Å²) in [6, 6.07) is 6.40. The molecule has 0 aliphatic carbocycles. The highest BCUT2D eigenvalue weighted by atomic mass is 16.6. The number of H-pyrrole nitrogens is 1. The lowest BCUT2D eigenvalue weighted by Crippen LogP contribution is -2.61. The van der Waals surface area contributed by atoms with E-state index in [0.29, 0.717) is 13.1 Å². The first-order valence-corrected chi connectivity index (χ1v) is 9.75. The van der Waals surface area contributed by atoms with Gasteiger partial charge in [-0.05, 0) is 52.3 Å². The number of hydrogen-bond donors (Lipinski definition) is 1. The summed E-state index contributed by atoms with van der Waals surface area (Å²) in [6.07, 6.45) is 2.66. The summed E-state index contributed by atoms with van der Waals surface area (Å²) in [4.78, 5) is 21.9. The Balaban J connectivity index is 1.38. The number of fused-ring (bicyclic) bond motifs is 3. The summed E-state index contributed by atoms with van der Waals surface area (Å²) in [6.45, 7) is 10.00. The molecule has 0 aromatic carbocycles. The van der Waals surface area contributed by atoms with Crippen LogP contribution in [0.15, 0.2) is 24.4 Å². The average Bonchev–Trinajstić information content (AvgIpc) is 3.21. The van der Waals surface area contributed by atoms with Crippen molar-refractivity contribution < 1.29 is 9.53 Å². The predicted octanol–water partition coefficient (Wildman–Crippen LogP) is 3.63. The molecule has 3 aromatic heterocycles. The van der Waals surface area contributed by atoms with Crippen LogP contribution in [0.3, 0.4) is 0 Å². The van der Waals surface area contributed by atoms with Gasteiger partial charge in [-0.3, -0.25) is 4.68 Å². The average molecular weight is 379 g/mol. The molecule has 2 aliphatic rings. The molecule has 5 heterocycles. The van der Waals surface area contributed by atoms with Gasteiger partial charge in [-0.2, -0.15) is 5.10 Å². The Morgan fingerprint density at radius 1 is 1.25 bits per heavy atom. The van der Waals surface area contributed by atoms with E-state index in [4.69, 9.17) is 9.84 Å². The molecule has 1 saturated heterocycles. The fourth-order valence-corrected chi connectivity index (χ4v) is 4.36. The zero-order chi connectivity index (χ0) is 19.7. The van der Waals surface area contributed by atoms with Gasteiger partial charge < -0.3 is 14.6 Å². The summed E-state index contributed by atoms with van der Waals surface area (Å²) >= 11 is 0. The Bertz CT molecular complexity index is 1080. The third kappa shape index (κ3) is 2.68. The van der Waals surface area contributed by atoms with Crippen molar-refractivity contribution in [2.45, 2.75) is 51.7 Å². The summed E-state index contributed by atoms with van der Waals surface area (Å²) in [5.41, 5.74) is 4.72. The maximum absolute atomic E-state index is 12.3. The number of aromatic nitrogens is 4. The Hall–Kier alpha value is -2.83. The normalized spacial score (nSPS) is 17.8. The second-order valence-electron chi connectivity index (χ2n) is 9.12. The van der Waals surface area contributed by atoms with Gasteiger partial charge in [-0.15, -0.1) is 0 Å². The third-order valence-electron chi connectivity index (χ3n) is 5.66. The molecule has 3 aromatic rings. The summed E-state index contributed by atoms with van der Waals surface area (Å²) in [5, 5.41) is 5.91. The zero-order valence-electron chi connectivity index (χ0n) is 16.7. The summed E-state index contributed by atoms with van der Waals surface area (Å²) in [7, 11) is 0. The molecule has 1 fully saturated rings. The predicted molar refractivity (Wildman–Crippen MR) is 106 cm³/mol. The van der Waals surface area contributed by atoms with E-state index in [9.17, 15) is 4.79 Å². The number of nitrogens with one attached hydrogen (secondary N) is 1. The van der Waals surface area contributed by atoms with Gasteiger partial charge in [0.2, 0.25) is 0 Å². The van der Waals surface area contributed by atoms with Crippen LogP contribution in [-0.2, 0) is 16.7 Å². The molecule has 28 heavy (non-hydrogen) atoms. The van der Waals surface area contributed by atoms with Crippen molar-refractivity contribution in [3.63, 3.8) is 0 Å². The molecule has 0 unspecified atom stereocenters. The van der Waals surface area contributed by atoms with Crippen LogP contribution in [0.2, 0.25) is 0 Å². The Kier molecular flexibility index (Phi) is 3.45. The quantitative estimate of drug-likeness (QED) is 0.700. The first-order chi connectivity index (χ1) is 13.2. The Labute approximate surface area is 163 Å². The van der Waals surface area contributed by atoms with E-state index in [2.05, 4.69) is 32.8 Å². The number of aromatic amines is 1. The number of carbonyl (C=O) groups excluding carboxylic acids is 1. The minimum atomic E-state index is -0.466. The van der Waals surface area contributed by atoms with E-state index >= 15 is 0 Å². The van der Waals surface area contributed by atoms with Crippen LogP contribution in [0.1, 0.15) is 38.6 Å². The second-order valence-corrected chi connectivity index (χ2v) is 9.12. The van der Waals surface area contributed by atoms with E-state index in [1.54, 1.807) is 4.90 Å². The van der Waals surface area contributed by atoms with Crippen molar-refractivity contribution in [2.24, 2.45) is 0 Å². The first-order valence-electron chi connectivity index (χ1n) is 9.75. The SMILES string of the molecule is Cc1cc2cc(-c3cc4n(n3)CCC43CN(C(=O)OC(C)(C)C)C3)cnc2[nH]1. The van der Waals surface area contributed by atoms with Gasteiger partial charge >= 0.3 is 6.09 Å². The monoisotopic (exact) mass is 379 g/mol. The van der Waals surface area contributed by atoms with E-state index in [1.165, 1.54) is 5.69 Å². The number of carbonyl (C=O) groups is 1. The van der Waals surface area contributed by atoms with Gasteiger partial charge in [0.25, 0.3) is 0 Å². The number of pyridine rings is 1. The molecule has 5 rings (SSSR count). The molecule has 0 bridgehead atoms. The topological polar surface area (TPSA) is 76.0 Å². The van der Waals surface area contributed by atoms with E-state index in [0.717, 1.165) is 41.0 Å². The zero-order valence-corrected chi connectivity index (χ0v) is 16.7. The number of hydrogen-bond acceptors (Lipinski definition) is 4. The number of rotatable bonds is 1. The molecule has 2 aliphatic heterocycles. The molecular weight excluding hydrogens is 354 g/mol. The molecule has 7 nitrogen and oxygen atoms in total. The van der Waals surface area contributed by atoms with Crippen LogP contribution < -0.4 is 0 Å². The van der Waals surface area contributed by atoms with E-state index < -0.39 is 5.60 Å². The number of nitrogens with zero attached hydrogens (tertiary/aromatic N) is 4. The minimum absolute atomic E-state index is 0.00432. The number of likely N-dealkylation sites (tertiary alicyclic amines) is 1. The van der Waals surface area contributed by atoms with E-state index in [1.807, 2.05) is 33.9 Å². The molecule has 1 spiro atoms. The molecule has 7 heteroatoms. The van der Waals surface area contributed by atoms with Crippen LogP contribution in [0, 0.1) is 6.92 Å². The van der Waals surface area contributed by atoms with Gasteiger partial charge in [-0.1, -0.05) is 0 Å². The standard InChI is InChI=1S/C21H25N5O2/c1-13-7-14-8-15(10-22-18(14)23-13)16-9-17-21(5-6-26(17)24-16)11-25(12-21)19(27)28-20(2,3)4/h7-10H,5-6,11-12H2,1-4H3,(H,22,23). The Morgan fingerprint density at radius 2 is 2.04 bits per heavy atom. The molecule has 146 valence electrons. The highest BCUT2D eigenvalue weighted by Crippen LogP contribution is 2.44. The molecule has 0 radical (unpaired) electrons. The highest BCUT2D eigenvalue weighted by molar-refractivity contribution is 5.81. The van der Waals surface area contributed by atoms with Gasteiger partial charge in [-0.25, -0.2) is 9.78 Å². The smallest absolute Gasteiger partial charge is 0.410 e. The second kappa shape index (κ2) is 5.59. The van der Waals surface area contributed by atoms with Crippen LogP contribution in [-0.4, -0.2) is 49.4 Å². The van der Waals surface area contributed by atoms with Crippen LogP contribution in [0.4, 0.5) is 4.79 Å². The third-order valence-corrected chi connectivity index (χ3v) is 5.66. The van der Waals surface area contributed by atoms with Crippen molar-refractivity contribution in [3.05, 3.63) is 35.8 Å². The lowest BCUT2D eigenvalue weighted by Gasteiger charge is -2.47. The number of amides is 1. The minimum Gasteiger partial charge on any atom is -0.444 e. The van der Waals surface area contributed by atoms with Gasteiger partial charge in [0, 0.05) is 53.6 Å². The lowest BCUT2D eigenvalue weighted by molar-refractivity contribution is -0.00969. The molecular formula is C21H25N5O2. The maximum atomic E-state index is 12.3. The van der Waals surface area contributed by atoms with Gasteiger partial charge in [0.15, 0.2) is 0 Å². The van der Waals surface area contributed by atoms with Crippen LogP contribution >= 0.6 is 0 Å². The van der Waals surface area contributed by atoms with Gasteiger partial charge in [0.05, 0.1) is 5.69 Å². The highest BCUT2D eigenvalue weighted by Gasteiger charge is 2.52. The van der Waals surface area contributed by atoms with Gasteiger partial charge in [0.1, 0.15) is 11.2 Å². The number of aryl methyl sites for hydroxylation is 2. The van der Waals surface area contributed by atoms with E-state index in [-0.39, 0.29) is 11.5 Å². The fraction of sp³-hybridized carbons (Fsp3) is 0.476. The largest absolute Gasteiger partial charge is 0.444 e. The molecule has 0 atom stereocenters. The van der Waals surface area contributed by atoms with Crippen molar-refractivity contribution in [3.8, 4) is 11.3 Å².